The molecule has 0 amide bonds. The first-order chi connectivity index (χ1) is 10.3. The molecule has 2 unspecified atom stereocenters. The Morgan fingerprint density at radius 3 is 2.95 bits per heavy atom. The lowest BCUT2D eigenvalue weighted by Gasteiger charge is -2.45. The van der Waals surface area contributed by atoms with Gasteiger partial charge in [-0.3, -0.25) is 0 Å². The highest BCUT2D eigenvalue weighted by atomic mass is 16.5. The zero-order valence-electron chi connectivity index (χ0n) is 12.8. The summed E-state index contributed by atoms with van der Waals surface area (Å²) in [7, 11) is 0. The van der Waals surface area contributed by atoms with Crippen molar-refractivity contribution in [2.45, 2.75) is 44.2 Å². The molecular formula is C16H25N3O2. The minimum atomic E-state index is 0.0296. The van der Waals surface area contributed by atoms with Crippen molar-refractivity contribution in [1.82, 2.24) is 15.3 Å². The summed E-state index contributed by atoms with van der Waals surface area (Å²) in [5.74, 6) is 0.562. The minimum absolute atomic E-state index is 0.0296. The van der Waals surface area contributed by atoms with E-state index in [2.05, 4.69) is 22.2 Å². The van der Waals surface area contributed by atoms with Gasteiger partial charge in [-0.1, -0.05) is 6.92 Å². The molecule has 1 N–H and O–H groups in total. The first-order valence-corrected chi connectivity index (χ1v) is 8.04. The van der Waals surface area contributed by atoms with Gasteiger partial charge >= 0.3 is 0 Å². The summed E-state index contributed by atoms with van der Waals surface area (Å²) in [6.07, 6.45) is 7.69. The Balaban J connectivity index is 1.76. The van der Waals surface area contributed by atoms with Crippen molar-refractivity contribution < 1.29 is 9.47 Å². The molecule has 2 aliphatic heterocycles. The molecule has 5 heteroatoms. The summed E-state index contributed by atoms with van der Waals surface area (Å²) in [5.41, 5.74) is 1.13. The average Bonchev–Trinajstić information content (AvgIpc) is 2.54. The quantitative estimate of drug-likeness (QED) is 0.920. The van der Waals surface area contributed by atoms with Crippen molar-refractivity contribution in [2.75, 3.05) is 26.4 Å². The lowest BCUT2D eigenvalue weighted by molar-refractivity contribution is -0.150. The summed E-state index contributed by atoms with van der Waals surface area (Å²) < 4.78 is 11.7. The van der Waals surface area contributed by atoms with E-state index in [9.17, 15) is 0 Å². The SMILES string of the molecule is CCNC(c1ccncn1)C1CCOC2(CCOCC2)C1. The van der Waals surface area contributed by atoms with Crippen LogP contribution in [0.2, 0.25) is 0 Å². The van der Waals surface area contributed by atoms with Gasteiger partial charge in [0.1, 0.15) is 6.33 Å². The molecule has 1 aromatic rings. The molecule has 2 saturated heterocycles. The molecule has 3 rings (SSSR count). The Bertz CT molecular complexity index is 429. The number of hydrogen-bond acceptors (Lipinski definition) is 5. The molecule has 0 radical (unpaired) electrons. The number of nitrogens with one attached hydrogen (secondary N) is 1. The maximum absolute atomic E-state index is 6.16. The lowest BCUT2D eigenvalue weighted by Crippen LogP contribution is -2.47. The Hall–Kier alpha value is -1.04. The second-order valence-corrected chi connectivity index (χ2v) is 6.07. The van der Waals surface area contributed by atoms with Gasteiger partial charge in [0, 0.05) is 26.0 Å². The molecule has 21 heavy (non-hydrogen) atoms. The highest BCUT2D eigenvalue weighted by Gasteiger charge is 2.41. The van der Waals surface area contributed by atoms with Gasteiger partial charge in [0.2, 0.25) is 0 Å². The van der Waals surface area contributed by atoms with Crippen LogP contribution in [0.4, 0.5) is 0 Å². The molecule has 0 aromatic carbocycles. The lowest BCUT2D eigenvalue weighted by atomic mass is 9.77. The maximum atomic E-state index is 6.16. The van der Waals surface area contributed by atoms with E-state index in [0.717, 1.165) is 57.7 Å². The van der Waals surface area contributed by atoms with Gasteiger partial charge in [-0.05, 0) is 44.2 Å². The fourth-order valence-corrected chi connectivity index (χ4v) is 3.66. The zero-order valence-corrected chi connectivity index (χ0v) is 12.8. The minimum Gasteiger partial charge on any atom is -0.381 e. The van der Waals surface area contributed by atoms with Crippen LogP contribution in [0.5, 0.6) is 0 Å². The first-order valence-electron chi connectivity index (χ1n) is 8.04. The van der Waals surface area contributed by atoms with E-state index in [-0.39, 0.29) is 5.60 Å². The van der Waals surface area contributed by atoms with Gasteiger partial charge in [0.05, 0.1) is 17.3 Å². The zero-order chi connectivity index (χ0) is 14.5. The fourth-order valence-electron chi connectivity index (χ4n) is 3.66. The van der Waals surface area contributed by atoms with Crippen LogP contribution in [-0.2, 0) is 9.47 Å². The standard InChI is InChI=1S/C16H25N3O2/c1-2-18-15(14-3-7-17-12-19-14)13-4-8-21-16(11-13)5-9-20-10-6-16/h3,7,12-13,15,18H,2,4-6,8-11H2,1H3. The van der Waals surface area contributed by atoms with E-state index < -0.39 is 0 Å². The number of hydrogen-bond donors (Lipinski definition) is 1. The van der Waals surface area contributed by atoms with E-state index in [1.54, 1.807) is 6.33 Å². The van der Waals surface area contributed by atoms with Crippen LogP contribution in [0.1, 0.15) is 44.3 Å². The molecule has 1 aromatic heterocycles. The Morgan fingerprint density at radius 2 is 2.24 bits per heavy atom. The number of nitrogens with zero attached hydrogens (tertiary/aromatic N) is 2. The second kappa shape index (κ2) is 6.81. The molecule has 0 saturated carbocycles. The van der Waals surface area contributed by atoms with E-state index >= 15 is 0 Å². The van der Waals surface area contributed by atoms with Crippen LogP contribution in [0, 0.1) is 5.92 Å². The predicted octanol–water partition coefficient (Wildman–Crippen LogP) is 2.10. The van der Waals surface area contributed by atoms with Gasteiger partial charge < -0.3 is 14.8 Å². The number of ether oxygens (including phenoxy) is 2. The van der Waals surface area contributed by atoms with Crippen molar-refractivity contribution >= 4 is 0 Å². The number of rotatable bonds is 4. The van der Waals surface area contributed by atoms with Crippen molar-refractivity contribution in [3.63, 3.8) is 0 Å². The second-order valence-electron chi connectivity index (χ2n) is 6.07. The first kappa shape index (κ1) is 14.9. The summed E-state index contributed by atoms with van der Waals surface area (Å²) >= 11 is 0. The molecule has 2 atom stereocenters. The molecule has 1 spiro atoms. The molecule has 116 valence electrons. The highest BCUT2D eigenvalue weighted by Crippen LogP contribution is 2.41. The van der Waals surface area contributed by atoms with Gasteiger partial charge in [0.15, 0.2) is 0 Å². The molecule has 3 heterocycles. The third-order valence-corrected chi connectivity index (χ3v) is 4.75. The third kappa shape index (κ3) is 3.42. The molecule has 0 bridgehead atoms. The van der Waals surface area contributed by atoms with Crippen molar-refractivity contribution in [1.29, 1.82) is 0 Å². The van der Waals surface area contributed by atoms with Crippen LogP contribution in [-0.4, -0.2) is 41.9 Å². The fraction of sp³-hybridized carbons (Fsp3) is 0.750. The molecule has 0 aliphatic carbocycles. The van der Waals surface area contributed by atoms with E-state index in [1.807, 2.05) is 12.3 Å². The van der Waals surface area contributed by atoms with Gasteiger partial charge in [-0.15, -0.1) is 0 Å². The van der Waals surface area contributed by atoms with Crippen LogP contribution in [0.25, 0.3) is 0 Å². The third-order valence-electron chi connectivity index (χ3n) is 4.75. The van der Waals surface area contributed by atoms with Gasteiger partial charge in [0.25, 0.3) is 0 Å². The number of aromatic nitrogens is 2. The Morgan fingerprint density at radius 1 is 1.38 bits per heavy atom. The normalized spacial score (nSPS) is 26.6. The van der Waals surface area contributed by atoms with E-state index in [1.165, 1.54) is 0 Å². The maximum Gasteiger partial charge on any atom is 0.115 e. The molecule has 2 aliphatic rings. The summed E-state index contributed by atoms with van der Waals surface area (Å²) in [4.78, 5) is 8.50. The van der Waals surface area contributed by atoms with E-state index in [0.29, 0.717) is 12.0 Å². The Labute approximate surface area is 126 Å². The topological polar surface area (TPSA) is 56.3 Å². The van der Waals surface area contributed by atoms with Crippen molar-refractivity contribution in [3.8, 4) is 0 Å². The monoisotopic (exact) mass is 291 g/mol. The van der Waals surface area contributed by atoms with Crippen molar-refractivity contribution in [3.05, 3.63) is 24.3 Å². The van der Waals surface area contributed by atoms with Crippen LogP contribution in [0.15, 0.2) is 18.6 Å². The van der Waals surface area contributed by atoms with Crippen molar-refractivity contribution in [2.24, 2.45) is 5.92 Å². The van der Waals surface area contributed by atoms with E-state index in [4.69, 9.17) is 9.47 Å². The summed E-state index contributed by atoms with van der Waals surface area (Å²) in [6.45, 7) is 5.59. The average molecular weight is 291 g/mol. The predicted molar refractivity (Wildman–Crippen MR) is 79.9 cm³/mol. The van der Waals surface area contributed by atoms with Crippen LogP contribution >= 0.6 is 0 Å². The smallest absolute Gasteiger partial charge is 0.115 e. The molecular weight excluding hydrogens is 266 g/mol. The summed E-state index contributed by atoms with van der Waals surface area (Å²) in [5, 5.41) is 3.61. The summed E-state index contributed by atoms with van der Waals surface area (Å²) in [6, 6.07) is 2.32. The Kier molecular flexibility index (Phi) is 4.83. The van der Waals surface area contributed by atoms with Gasteiger partial charge in [-0.2, -0.15) is 0 Å². The molecule has 5 nitrogen and oxygen atoms in total. The highest BCUT2D eigenvalue weighted by molar-refractivity contribution is 5.08. The molecule has 2 fully saturated rings. The largest absolute Gasteiger partial charge is 0.381 e. The van der Waals surface area contributed by atoms with Crippen LogP contribution in [0.3, 0.4) is 0 Å². The van der Waals surface area contributed by atoms with Gasteiger partial charge in [-0.25, -0.2) is 9.97 Å². The van der Waals surface area contributed by atoms with Crippen LogP contribution < -0.4 is 5.32 Å².